The average molecular weight is 277 g/mol. The zero-order valence-corrected chi connectivity index (χ0v) is 11.9. The fourth-order valence-electron chi connectivity index (χ4n) is 1.90. The molecule has 1 amide bonds. The van der Waals surface area contributed by atoms with E-state index in [1.807, 2.05) is 37.3 Å². The third-order valence-electron chi connectivity index (χ3n) is 3.06. The molecule has 19 heavy (non-hydrogen) atoms. The Kier molecular flexibility index (Phi) is 4.38. The summed E-state index contributed by atoms with van der Waals surface area (Å²) in [5.74, 6) is 0.0167. The van der Waals surface area contributed by atoms with Gasteiger partial charge in [-0.25, -0.2) is 0 Å². The Morgan fingerprint density at radius 2 is 2.21 bits per heavy atom. The highest BCUT2D eigenvalue weighted by molar-refractivity contribution is 6.20. The lowest BCUT2D eigenvalue weighted by Gasteiger charge is -2.18. The highest BCUT2D eigenvalue weighted by Gasteiger charge is 2.12. The van der Waals surface area contributed by atoms with Crippen LogP contribution in [0.5, 0.6) is 0 Å². The van der Waals surface area contributed by atoms with Crippen LogP contribution in [0.4, 0.5) is 0 Å². The number of fused-ring (bicyclic) bond motifs is 1. The standard InChI is InChI=1S/C15H17ClN2O/c1-11(16)7-9-18(2)15(19)13-5-6-14-12(10-13)4-3-8-17-14/h3-6,8,10-11H,7,9H2,1-2H3. The number of hydrogen-bond donors (Lipinski definition) is 0. The molecule has 0 saturated heterocycles. The normalized spacial score (nSPS) is 12.4. The summed E-state index contributed by atoms with van der Waals surface area (Å²) in [4.78, 5) is 18.2. The molecule has 1 aromatic heterocycles. The van der Waals surface area contributed by atoms with E-state index in [0.717, 1.165) is 17.3 Å². The molecule has 0 fully saturated rings. The number of carbonyl (C=O) groups excluding carboxylic acids is 1. The molecule has 0 saturated carbocycles. The maximum atomic E-state index is 12.3. The van der Waals surface area contributed by atoms with Crippen LogP contribution in [-0.2, 0) is 0 Å². The summed E-state index contributed by atoms with van der Waals surface area (Å²) in [6.45, 7) is 2.59. The summed E-state index contributed by atoms with van der Waals surface area (Å²) >= 11 is 5.90. The Hall–Kier alpha value is -1.61. The molecule has 1 aromatic carbocycles. The van der Waals surface area contributed by atoms with Crippen LogP contribution in [0.25, 0.3) is 10.9 Å². The molecule has 0 aliphatic heterocycles. The van der Waals surface area contributed by atoms with Crippen LogP contribution in [0.15, 0.2) is 36.5 Å². The summed E-state index contributed by atoms with van der Waals surface area (Å²) in [6.07, 6.45) is 2.54. The lowest BCUT2D eigenvalue weighted by atomic mass is 10.1. The van der Waals surface area contributed by atoms with E-state index in [2.05, 4.69) is 4.98 Å². The van der Waals surface area contributed by atoms with Crippen molar-refractivity contribution in [2.75, 3.05) is 13.6 Å². The minimum absolute atomic E-state index is 0.0167. The van der Waals surface area contributed by atoms with Crippen molar-refractivity contribution in [2.45, 2.75) is 18.7 Å². The van der Waals surface area contributed by atoms with E-state index in [0.29, 0.717) is 12.1 Å². The Morgan fingerprint density at radius 3 is 2.95 bits per heavy atom. The maximum Gasteiger partial charge on any atom is 0.253 e. The van der Waals surface area contributed by atoms with Gasteiger partial charge in [-0.15, -0.1) is 11.6 Å². The summed E-state index contributed by atoms with van der Waals surface area (Å²) in [5.41, 5.74) is 1.58. The molecule has 0 spiro atoms. The molecule has 0 bridgehead atoms. The molecule has 2 rings (SSSR count). The van der Waals surface area contributed by atoms with E-state index in [4.69, 9.17) is 11.6 Å². The van der Waals surface area contributed by atoms with Gasteiger partial charge in [0.05, 0.1) is 5.52 Å². The van der Waals surface area contributed by atoms with E-state index in [-0.39, 0.29) is 11.3 Å². The molecule has 0 N–H and O–H groups in total. The van der Waals surface area contributed by atoms with Gasteiger partial charge in [-0.1, -0.05) is 6.07 Å². The molecule has 1 unspecified atom stereocenters. The fraction of sp³-hybridized carbons (Fsp3) is 0.333. The van der Waals surface area contributed by atoms with E-state index in [9.17, 15) is 4.79 Å². The fourth-order valence-corrected chi connectivity index (χ4v) is 2.00. The summed E-state index contributed by atoms with van der Waals surface area (Å²) in [7, 11) is 1.80. The Balaban J connectivity index is 2.16. The summed E-state index contributed by atoms with van der Waals surface area (Å²) < 4.78 is 0. The van der Waals surface area contributed by atoms with E-state index in [1.165, 1.54) is 0 Å². The quantitative estimate of drug-likeness (QED) is 0.803. The molecule has 100 valence electrons. The lowest BCUT2D eigenvalue weighted by molar-refractivity contribution is 0.0794. The van der Waals surface area contributed by atoms with Crippen LogP contribution < -0.4 is 0 Å². The van der Waals surface area contributed by atoms with E-state index < -0.39 is 0 Å². The van der Waals surface area contributed by atoms with Gasteiger partial charge in [0.1, 0.15) is 0 Å². The van der Waals surface area contributed by atoms with Crippen molar-refractivity contribution in [3.05, 3.63) is 42.1 Å². The smallest absolute Gasteiger partial charge is 0.253 e. The molecule has 1 heterocycles. The number of hydrogen-bond acceptors (Lipinski definition) is 2. The van der Waals surface area contributed by atoms with Crippen molar-refractivity contribution in [3.63, 3.8) is 0 Å². The van der Waals surface area contributed by atoms with Gasteiger partial charge in [-0.05, 0) is 37.6 Å². The zero-order chi connectivity index (χ0) is 13.8. The number of halogens is 1. The minimum atomic E-state index is 0.0167. The monoisotopic (exact) mass is 276 g/mol. The predicted octanol–water partition coefficient (Wildman–Crippen LogP) is 3.32. The van der Waals surface area contributed by atoms with Gasteiger partial charge in [0.2, 0.25) is 0 Å². The van der Waals surface area contributed by atoms with Crippen LogP contribution in [0, 0.1) is 0 Å². The van der Waals surface area contributed by atoms with Gasteiger partial charge in [0.25, 0.3) is 5.91 Å². The second kappa shape index (κ2) is 6.02. The van der Waals surface area contributed by atoms with Crippen LogP contribution in [-0.4, -0.2) is 34.8 Å². The topological polar surface area (TPSA) is 33.2 Å². The van der Waals surface area contributed by atoms with Gasteiger partial charge < -0.3 is 4.90 Å². The van der Waals surface area contributed by atoms with Gasteiger partial charge in [0.15, 0.2) is 0 Å². The Morgan fingerprint density at radius 1 is 1.42 bits per heavy atom. The first-order valence-electron chi connectivity index (χ1n) is 6.32. The first-order valence-corrected chi connectivity index (χ1v) is 6.76. The van der Waals surface area contributed by atoms with Crippen molar-refractivity contribution < 1.29 is 4.79 Å². The number of benzene rings is 1. The molecule has 0 aliphatic rings. The molecular formula is C15H17ClN2O. The Bertz CT molecular complexity index is 583. The van der Waals surface area contributed by atoms with Gasteiger partial charge in [-0.3, -0.25) is 9.78 Å². The van der Waals surface area contributed by atoms with Crippen LogP contribution in [0.3, 0.4) is 0 Å². The average Bonchev–Trinajstić information content (AvgIpc) is 2.43. The first kappa shape index (κ1) is 13.8. The predicted molar refractivity (Wildman–Crippen MR) is 78.6 cm³/mol. The summed E-state index contributed by atoms with van der Waals surface area (Å²) in [6, 6.07) is 9.40. The summed E-state index contributed by atoms with van der Waals surface area (Å²) in [5, 5.41) is 1.06. The van der Waals surface area contributed by atoms with Gasteiger partial charge in [-0.2, -0.15) is 0 Å². The molecule has 0 aliphatic carbocycles. The first-order chi connectivity index (χ1) is 9.08. The van der Waals surface area contributed by atoms with E-state index >= 15 is 0 Å². The van der Waals surface area contributed by atoms with Crippen molar-refractivity contribution in [1.82, 2.24) is 9.88 Å². The number of rotatable bonds is 4. The second-order valence-corrected chi connectivity index (χ2v) is 5.45. The number of carbonyl (C=O) groups is 1. The van der Waals surface area contributed by atoms with Crippen molar-refractivity contribution in [3.8, 4) is 0 Å². The highest BCUT2D eigenvalue weighted by Crippen LogP contribution is 2.15. The van der Waals surface area contributed by atoms with Crippen LogP contribution in [0.2, 0.25) is 0 Å². The van der Waals surface area contributed by atoms with Gasteiger partial charge in [0, 0.05) is 36.1 Å². The third kappa shape index (κ3) is 3.44. The van der Waals surface area contributed by atoms with Crippen molar-refractivity contribution >= 4 is 28.4 Å². The molecular weight excluding hydrogens is 260 g/mol. The maximum absolute atomic E-state index is 12.3. The molecule has 1 atom stereocenters. The number of alkyl halides is 1. The molecule has 3 nitrogen and oxygen atoms in total. The number of nitrogens with zero attached hydrogens (tertiary/aromatic N) is 2. The van der Waals surface area contributed by atoms with Crippen LogP contribution in [0.1, 0.15) is 23.7 Å². The number of pyridine rings is 1. The molecule has 0 radical (unpaired) electrons. The van der Waals surface area contributed by atoms with Crippen molar-refractivity contribution in [1.29, 1.82) is 0 Å². The van der Waals surface area contributed by atoms with Crippen molar-refractivity contribution in [2.24, 2.45) is 0 Å². The van der Waals surface area contributed by atoms with Gasteiger partial charge >= 0.3 is 0 Å². The lowest BCUT2D eigenvalue weighted by Crippen LogP contribution is -2.28. The third-order valence-corrected chi connectivity index (χ3v) is 3.28. The van der Waals surface area contributed by atoms with E-state index in [1.54, 1.807) is 18.1 Å². The Labute approximate surface area is 118 Å². The highest BCUT2D eigenvalue weighted by atomic mass is 35.5. The second-order valence-electron chi connectivity index (χ2n) is 4.71. The molecule has 2 aromatic rings. The molecule has 4 heteroatoms. The van der Waals surface area contributed by atoms with Crippen LogP contribution >= 0.6 is 11.6 Å². The SMILES string of the molecule is CC(Cl)CCN(C)C(=O)c1ccc2ncccc2c1. The minimum Gasteiger partial charge on any atom is -0.342 e. The number of aromatic nitrogens is 1. The zero-order valence-electron chi connectivity index (χ0n) is 11.1. The largest absolute Gasteiger partial charge is 0.342 e. The number of amides is 1.